The molecule has 2 aliphatic heterocycles. The quantitative estimate of drug-likeness (QED) is 0.496. The van der Waals surface area contributed by atoms with Gasteiger partial charge >= 0.3 is 6.18 Å². The number of ether oxygens (including phenoxy) is 2. The Balaban J connectivity index is 1.37. The fourth-order valence-electron chi connectivity index (χ4n) is 3.06. The van der Waals surface area contributed by atoms with Crippen molar-refractivity contribution in [1.82, 2.24) is 4.90 Å². The maximum absolute atomic E-state index is 12.8. The molecule has 0 unspecified atom stereocenters. The predicted molar refractivity (Wildman–Crippen MR) is 117 cm³/mol. The molecule has 1 N–H and O–H groups in total. The van der Waals surface area contributed by atoms with Gasteiger partial charge in [-0.15, -0.1) is 0 Å². The third kappa shape index (κ3) is 4.89. The number of anilines is 1. The number of nitrogens with zero attached hydrogens (tertiary/aromatic N) is 1. The van der Waals surface area contributed by atoms with Gasteiger partial charge in [-0.3, -0.25) is 14.5 Å². The van der Waals surface area contributed by atoms with Gasteiger partial charge in [0, 0.05) is 18.7 Å². The molecule has 2 aromatic rings. The zero-order valence-corrected chi connectivity index (χ0v) is 17.9. The fourth-order valence-corrected chi connectivity index (χ4v) is 4.37. The van der Waals surface area contributed by atoms with Crippen molar-refractivity contribution in [1.29, 1.82) is 0 Å². The van der Waals surface area contributed by atoms with Crippen LogP contribution in [0.4, 0.5) is 18.9 Å². The molecule has 4 rings (SSSR count). The van der Waals surface area contributed by atoms with E-state index in [2.05, 4.69) is 5.32 Å². The molecule has 32 heavy (non-hydrogen) atoms. The lowest BCUT2D eigenvalue weighted by Gasteiger charge is -2.14. The minimum atomic E-state index is -4.51. The number of hydrogen-bond acceptors (Lipinski definition) is 6. The Bertz CT molecular complexity index is 1130. The molecule has 1 saturated heterocycles. The molecular weight excluding hydrogens is 465 g/mol. The molecule has 11 heteroatoms. The Kier molecular flexibility index (Phi) is 6.11. The summed E-state index contributed by atoms with van der Waals surface area (Å²) in [7, 11) is 0. The highest BCUT2D eigenvalue weighted by Gasteiger charge is 2.33. The van der Waals surface area contributed by atoms with Crippen molar-refractivity contribution in [2.24, 2.45) is 0 Å². The van der Waals surface area contributed by atoms with Crippen LogP contribution in [-0.2, 0) is 15.8 Å². The average Bonchev–Trinajstić information content (AvgIpc) is 3.30. The zero-order valence-electron chi connectivity index (χ0n) is 16.3. The first-order chi connectivity index (χ1) is 15.2. The molecule has 2 aromatic carbocycles. The highest BCUT2D eigenvalue weighted by molar-refractivity contribution is 8.26. The van der Waals surface area contributed by atoms with Crippen molar-refractivity contribution in [3.05, 3.63) is 58.5 Å². The minimum Gasteiger partial charge on any atom is -0.454 e. The molecule has 0 radical (unpaired) electrons. The van der Waals surface area contributed by atoms with Crippen LogP contribution in [0, 0.1) is 0 Å². The second-order valence-electron chi connectivity index (χ2n) is 6.82. The number of nitrogens with one attached hydrogen (secondary N) is 1. The van der Waals surface area contributed by atoms with Gasteiger partial charge < -0.3 is 14.8 Å². The van der Waals surface area contributed by atoms with Crippen molar-refractivity contribution in [3.8, 4) is 11.5 Å². The van der Waals surface area contributed by atoms with Crippen LogP contribution in [0.3, 0.4) is 0 Å². The number of rotatable bonds is 5. The summed E-state index contributed by atoms with van der Waals surface area (Å²) in [6.45, 7) is 0.150. The standard InChI is InChI=1S/C21H15F3N2O4S2/c22-21(23,24)13-2-1-3-14(10-13)25-18(27)6-7-26-19(28)17(32-20(26)31)9-12-4-5-15-16(8-12)30-11-29-15/h1-5,8-10H,6-7,11H2,(H,25,27). The summed E-state index contributed by atoms with van der Waals surface area (Å²) in [5, 5.41) is 2.42. The summed E-state index contributed by atoms with van der Waals surface area (Å²) in [5.41, 5.74) is -0.101. The highest BCUT2D eigenvalue weighted by Crippen LogP contribution is 2.36. The van der Waals surface area contributed by atoms with E-state index in [0.29, 0.717) is 20.7 Å². The summed E-state index contributed by atoms with van der Waals surface area (Å²) in [6.07, 6.45) is -2.96. The number of thioether (sulfide) groups is 1. The van der Waals surface area contributed by atoms with Crippen molar-refractivity contribution in [2.75, 3.05) is 18.7 Å². The van der Waals surface area contributed by atoms with E-state index in [9.17, 15) is 22.8 Å². The van der Waals surface area contributed by atoms with E-state index in [1.54, 1.807) is 24.3 Å². The number of halogens is 3. The van der Waals surface area contributed by atoms with Gasteiger partial charge in [0.25, 0.3) is 5.91 Å². The second-order valence-corrected chi connectivity index (χ2v) is 8.50. The van der Waals surface area contributed by atoms with Crippen molar-refractivity contribution in [2.45, 2.75) is 12.6 Å². The first-order valence-corrected chi connectivity index (χ1v) is 10.6. The van der Waals surface area contributed by atoms with Gasteiger partial charge in [-0.2, -0.15) is 13.2 Å². The van der Waals surface area contributed by atoms with Gasteiger partial charge in [0.05, 0.1) is 10.5 Å². The number of carbonyl (C=O) groups excluding carboxylic acids is 2. The van der Waals surface area contributed by atoms with Crippen LogP contribution in [0.15, 0.2) is 47.4 Å². The van der Waals surface area contributed by atoms with E-state index in [-0.39, 0.29) is 31.4 Å². The molecule has 166 valence electrons. The number of fused-ring (bicyclic) bond motifs is 1. The predicted octanol–water partition coefficient (Wildman–Crippen LogP) is 4.66. The Morgan fingerprint density at radius 3 is 2.75 bits per heavy atom. The van der Waals surface area contributed by atoms with Gasteiger partial charge in [-0.1, -0.05) is 36.1 Å². The zero-order chi connectivity index (χ0) is 22.9. The first-order valence-electron chi connectivity index (χ1n) is 9.33. The molecule has 0 aliphatic carbocycles. The summed E-state index contributed by atoms with van der Waals surface area (Å²) in [4.78, 5) is 26.6. The van der Waals surface area contributed by atoms with Crippen LogP contribution < -0.4 is 14.8 Å². The van der Waals surface area contributed by atoms with E-state index >= 15 is 0 Å². The van der Waals surface area contributed by atoms with Crippen LogP contribution in [0.2, 0.25) is 0 Å². The first kappa shape index (κ1) is 22.2. The lowest BCUT2D eigenvalue weighted by atomic mass is 10.2. The van der Waals surface area contributed by atoms with E-state index < -0.39 is 17.6 Å². The summed E-state index contributed by atoms with van der Waals surface area (Å²) < 4.78 is 49.3. The Hall–Kier alpha value is -3.05. The van der Waals surface area contributed by atoms with Crippen LogP contribution >= 0.6 is 24.0 Å². The molecule has 0 saturated carbocycles. The second kappa shape index (κ2) is 8.83. The van der Waals surface area contributed by atoms with Gasteiger partial charge in [-0.05, 0) is 42.0 Å². The minimum absolute atomic E-state index is 0.00788. The number of amides is 2. The molecule has 0 aromatic heterocycles. The molecule has 0 bridgehead atoms. The maximum Gasteiger partial charge on any atom is 0.416 e. The van der Waals surface area contributed by atoms with Crippen molar-refractivity contribution >= 4 is 51.9 Å². The monoisotopic (exact) mass is 480 g/mol. The van der Waals surface area contributed by atoms with Crippen LogP contribution in [-0.4, -0.2) is 34.4 Å². The highest BCUT2D eigenvalue weighted by atomic mass is 32.2. The SMILES string of the molecule is O=C(CCN1C(=O)C(=Cc2ccc3c(c2)OCO3)SC1=S)Nc1cccc(C(F)(F)F)c1. The van der Waals surface area contributed by atoms with Gasteiger partial charge in [0.15, 0.2) is 11.5 Å². The number of hydrogen-bond donors (Lipinski definition) is 1. The molecule has 2 heterocycles. The molecule has 1 fully saturated rings. The lowest BCUT2D eigenvalue weighted by Crippen LogP contribution is -2.31. The summed E-state index contributed by atoms with van der Waals surface area (Å²) >= 11 is 6.37. The maximum atomic E-state index is 12.8. The summed E-state index contributed by atoms with van der Waals surface area (Å²) in [6, 6.07) is 9.61. The Morgan fingerprint density at radius 1 is 1.19 bits per heavy atom. The molecular formula is C21H15F3N2O4S2. The largest absolute Gasteiger partial charge is 0.454 e. The number of benzene rings is 2. The van der Waals surface area contributed by atoms with Crippen molar-refractivity contribution in [3.63, 3.8) is 0 Å². The molecule has 2 aliphatic rings. The number of thiocarbonyl (C=S) groups is 1. The number of alkyl halides is 3. The molecule has 0 atom stereocenters. The van der Waals surface area contributed by atoms with E-state index in [0.717, 1.165) is 29.5 Å². The third-order valence-electron chi connectivity index (χ3n) is 4.60. The molecule has 0 spiro atoms. The Labute approximate surface area is 190 Å². The van der Waals surface area contributed by atoms with E-state index in [4.69, 9.17) is 21.7 Å². The van der Waals surface area contributed by atoms with Gasteiger partial charge in [-0.25, -0.2) is 0 Å². The van der Waals surface area contributed by atoms with E-state index in [1.165, 1.54) is 17.0 Å². The molecule has 2 amide bonds. The number of carbonyl (C=O) groups is 2. The lowest BCUT2D eigenvalue weighted by molar-refractivity contribution is -0.137. The topological polar surface area (TPSA) is 67.9 Å². The molecule has 6 nitrogen and oxygen atoms in total. The normalized spacial score (nSPS) is 16.7. The summed E-state index contributed by atoms with van der Waals surface area (Å²) in [5.74, 6) is 0.338. The van der Waals surface area contributed by atoms with Gasteiger partial charge in [0.1, 0.15) is 4.32 Å². The smallest absolute Gasteiger partial charge is 0.416 e. The fraction of sp³-hybridized carbons (Fsp3) is 0.190. The Morgan fingerprint density at radius 2 is 1.97 bits per heavy atom. The van der Waals surface area contributed by atoms with Gasteiger partial charge in [0.2, 0.25) is 12.7 Å². The third-order valence-corrected chi connectivity index (χ3v) is 5.98. The van der Waals surface area contributed by atoms with Crippen molar-refractivity contribution < 1.29 is 32.2 Å². The van der Waals surface area contributed by atoms with Crippen LogP contribution in [0.1, 0.15) is 17.5 Å². The van der Waals surface area contributed by atoms with Crippen LogP contribution in [0.5, 0.6) is 11.5 Å². The van der Waals surface area contributed by atoms with E-state index in [1.807, 2.05) is 0 Å². The average molecular weight is 480 g/mol. The van der Waals surface area contributed by atoms with Crippen LogP contribution in [0.25, 0.3) is 6.08 Å².